The van der Waals surface area contributed by atoms with Gasteiger partial charge in [-0.25, -0.2) is 4.99 Å². The topological polar surface area (TPSA) is 15.6 Å². The molecule has 5 heteroatoms. The average Bonchev–Trinajstić information content (AvgIpc) is 2.80. The van der Waals surface area contributed by atoms with Gasteiger partial charge in [-0.15, -0.1) is 0 Å². The van der Waals surface area contributed by atoms with Gasteiger partial charge in [0.25, 0.3) is 0 Å². The van der Waals surface area contributed by atoms with Crippen LogP contribution >= 0.6 is 35.0 Å². The number of amidine groups is 1. The first-order chi connectivity index (χ1) is 10.5. The quantitative estimate of drug-likeness (QED) is 0.632. The van der Waals surface area contributed by atoms with Crippen LogP contribution in [0.15, 0.2) is 23.2 Å². The second kappa shape index (κ2) is 6.62. The lowest BCUT2D eigenvalue weighted by Crippen LogP contribution is -2.39. The molecule has 3 rings (SSSR count). The fourth-order valence-electron chi connectivity index (χ4n) is 3.26. The Balaban J connectivity index is 1.91. The van der Waals surface area contributed by atoms with Crippen molar-refractivity contribution in [1.82, 2.24) is 4.90 Å². The van der Waals surface area contributed by atoms with Crippen LogP contribution in [0.1, 0.15) is 46.0 Å². The summed E-state index contributed by atoms with van der Waals surface area (Å²) in [6.07, 6.45) is 6.58. The van der Waals surface area contributed by atoms with Gasteiger partial charge in [0, 0.05) is 17.3 Å². The molecule has 0 N–H and O–H groups in total. The predicted octanol–water partition coefficient (Wildman–Crippen LogP) is 6.14. The smallest absolute Gasteiger partial charge is 0.165 e. The maximum atomic E-state index is 6.31. The van der Waals surface area contributed by atoms with Crippen LogP contribution in [0.25, 0.3) is 0 Å². The summed E-state index contributed by atoms with van der Waals surface area (Å²) in [4.78, 5) is 7.36. The van der Waals surface area contributed by atoms with E-state index in [4.69, 9.17) is 28.2 Å². The molecular formula is C17H22Cl2N2S. The maximum Gasteiger partial charge on any atom is 0.165 e. The molecule has 0 spiro atoms. The average molecular weight is 357 g/mol. The molecule has 0 radical (unpaired) electrons. The van der Waals surface area contributed by atoms with E-state index in [1.165, 1.54) is 32.1 Å². The van der Waals surface area contributed by atoms with Crippen LogP contribution in [0, 0.1) is 0 Å². The molecule has 0 atom stereocenters. The van der Waals surface area contributed by atoms with Crippen molar-refractivity contribution >= 4 is 45.8 Å². The number of hydrogen-bond donors (Lipinski definition) is 0. The second-order valence-electron chi connectivity index (χ2n) is 6.75. The number of benzene rings is 1. The molecule has 0 amide bonds. The zero-order valence-electron chi connectivity index (χ0n) is 13.1. The van der Waals surface area contributed by atoms with Gasteiger partial charge in [-0.2, -0.15) is 0 Å². The standard InChI is InChI=1S/C17H22Cl2N2S/c1-17(2)11-21(12-7-4-3-5-8-12)16(22-17)20-14-10-6-9-13(18)15(14)19/h6,9-10,12H,3-5,7-8,11H2,1-2H3. The number of aliphatic imine (C=N–C) groups is 1. The van der Waals surface area contributed by atoms with E-state index in [2.05, 4.69) is 18.7 Å². The summed E-state index contributed by atoms with van der Waals surface area (Å²) in [6, 6.07) is 6.27. The fourth-order valence-corrected chi connectivity index (χ4v) is 4.77. The summed E-state index contributed by atoms with van der Waals surface area (Å²) in [5, 5.41) is 2.21. The highest BCUT2D eigenvalue weighted by molar-refractivity contribution is 8.15. The van der Waals surface area contributed by atoms with Crippen molar-refractivity contribution in [3.8, 4) is 0 Å². The van der Waals surface area contributed by atoms with Crippen LogP contribution < -0.4 is 0 Å². The van der Waals surface area contributed by atoms with E-state index in [0.717, 1.165) is 17.4 Å². The first-order valence-corrected chi connectivity index (χ1v) is 9.52. The van der Waals surface area contributed by atoms with Crippen molar-refractivity contribution in [2.75, 3.05) is 6.54 Å². The van der Waals surface area contributed by atoms with Crippen LogP contribution in [0.4, 0.5) is 5.69 Å². The SMILES string of the molecule is CC1(C)CN(C2CCCCC2)C(=Nc2cccc(Cl)c2Cl)S1. The molecule has 0 aromatic heterocycles. The summed E-state index contributed by atoms with van der Waals surface area (Å²) in [7, 11) is 0. The highest BCUT2D eigenvalue weighted by Crippen LogP contribution is 2.41. The van der Waals surface area contributed by atoms with E-state index in [1.807, 2.05) is 23.9 Å². The molecule has 120 valence electrons. The van der Waals surface area contributed by atoms with Gasteiger partial charge in [0.15, 0.2) is 5.17 Å². The number of rotatable bonds is 2. The summed E-state index contributed by atoms with van der Waals surface area (Å²) in [5.41, 5.74) is 0.773. The molecule has 0 unspecified atom stereocenters. The Morgan fingerprint density at radius 3 is 2.64 bits per heavy atom. The molecule has 2 aliphatic rings. The lowest BCUT2D eigenvalue weighted by atomic mass is 9.94. The number of halogens is 2. The van der Waals surface area contributed by atoms with Gasteiger partial charge in [0.1, 0.15) is 0 Å². The molecule has 1 saturated carbocycles. The Morgan fingerprint density at radius 1 is 1.18 bits per heavy atom. The number of thioether (sulfide) groups is 1. The summed E-state index contributed by atoms with van der Waals surface area (Å²) < 4.78 is 0.196. The third kappa shape index (κ3) is 3.58. The number of nitrogens with zero attached hydrogens (tertiary/aromatic N) is 2. The lowest BCUT2D eigenvalue weighted by molar-refractivity contribution is 0.243. The molecule has 1 aliphatic heterocycles. The van der Waals surface area contributed by atoms with Gasteiger partial charge in [0.05, 0.1) is 15.7 Å². The van der Waals surface area contributed by atoms with Crippen molar-refractivity contribution in [3.05, 3.63) is 28.2 Å². The van der Waals surface area contributed by atoms with Crippen LogP contribution in [-0.2, 0) is 0 Å². The zero-order valence-corrected chi connectivity index (χ0v) is 15.4. The molecule has 1 saturated heterocycles. The van der Waals surface area contributed by atoms with E-state index in [1.54, 1.807) is 6.07 Å². The van der Waals surface area contributed by atoms with Gasteiger partial charge in [-0.1, -0.05) is 60.3 Å². The first kappa shape index (κ1) is 16.5. The van der Waals surface area contributed by atoms with Gasteiger partial charge >= 0.3 is 0 Å². The lowest BCUT2D eigenvalue weighted by Gasteiger charge is -2.33. The molecule has 1 aromatic carbocycles. The predicted molar refractivity (Wildman–Crippen MR) is 98.8 cm³/mol. The molecule has 1 aliphatic carbocycles. The third-order valence-electron chi connectivity index (χ3n) is 4.33. The van der Waals surface area contributed by atoms with Crippen molar-refractivity contribution in [2.45, 2.75) is 56.7 Å². The minimum atomic E-state index is 0.196. The van der Waals surface area contributed by atoms with E-state index < -0.39 is 0 Å². The van der Waals surface area contributed by atoms with Crippen molar-refractivity contribution in [3.63, 3.8) is 0 Å². The maximum absolute atomic E-state index is 6.31. The Labute approximate surface area is 147 Å². The molecule has 2 fully saturated rings. The normalized spacial score (nSPS) is 24.2. The highest BCUT2D eigenvalue weighted by atomic mass is 35.5. The fraction of sp³-hybridized carbons (Fsp3) is 0.588. The van der Waals surface area contributed by atoms with Crippen LogP contribution in [0.3, 0.4) is 0 Å². The second-order valence-corrected chi connectivity index (χ2v) is 9.21. The third-order valence-corrected chi connectivity index (χ3v) is 6.33. The Morgan fingerprint density at radius 2 is 1.91 bits per heavy atom. The number of hydrogen-bond acceptors (Lipinski definition) is 2. The van der Waals surface area contributed by atoms with E-state index in [9.17, 15) is 0 Å². The monoisotopic (exact) mass is 356 g/mol. The van der Waals surface area contributed by atoms with Crippen LogP contribution in [0.2, 0.25) is 10.0 Å². The Hall–Kier alpha value is -0.380. The Bertz CT molecular complexity index is 580. The largest absolute Gasteiger partial charge is 0.347 e. The molecule has 1 aromatic rings. The Kier molecular flexibility index (Phi) is 4.96. The van der Waals surface area contributed by atoms with Gasteiger partial charge < -0.3 is 4.90 Å². The summed E-state index contributed by atoms with van der Waals surface area (Å²) in [6.45, 7) is 5.63. The van der Waals surface area contributed by atoms with Crippen molar-refractivity contribution in [1.29, 1.82) is 0 Å². The van der Waals surface area contributed by atoms with E-state index in [-0.39, 0.29) is 4.75 Å². The van der Waals surface area contributed by atoms with Crippen LogP contribution in [-0.4, -0.2) is 27.4 Å². The molecule has 22 heavy (non-hydrogen) atoms. The first-order valence-electron chi connectivity index (χ1n) is 7.95. The van der Waals surface area contributed by atoms with Gasteiger partial charge in [-0.05, 0) is 38.8 Å². The minimum Gasteiger partial charge on any atom is -0.347 e. The molecule has 1 heterocycles. The summed E-state index contributed by atoms with van der Waals surface area (Å²) >= 11 is 14.3. The van der Waals surface area contributed by atoms with Crippen molar-refractivity contribution < 1.29 is 0 Å². The van der Waals surface area contributed by atoms with E-state index in [0.29, 0.717) is 16.1 Å². The molecule has 0 bridgehead atoms. The highest BCUT2D eigenvalue weighted by Gasteiger charge is 2.39. The van der Waals surface area contributed by atoms with Gasteiger partial charge in [-0.3, -0.25) is 0 Å². The minimum absolute atomic E-state index is 0.196. The van der Waals surface area contributed by atoms with Gasteiger partial charge in [0.2, 0.25) is 0 Å². The van der Waals surface area contributed by atoms with E-state index >= 15 is 0 Å². The molecule has 2 nitrogen and oxygen atoms in total. The van der Waals surface area contributed by atoms with Crippen molar-refractivity contribution in [2.24, 2.45) is 4.99 Å². The van der Waals surface area contributed by atoms with Crippen LogP contribution in [0.5, 0.6) is 0 Å². The zero-order chi connectivity index (χ0) is 15.7. The molecular weight excluding hydrogens is 335 g/mol. The summed E-state index contributed by atoms with van der Waals surface area (Å²) in [5.74, 6) is 0.